The van der Waals surface area contributed by atoms with Gasteiger partial charge < -0.3 is 9.47 Å². The van der Waals surface area contributed by atoms with Crippen molar-refractivity contribution in [2.45, 2.75) is 32.5 Å². The van der Waals surface area contributed by atoms with E-state index in [1.807, 2.05) is 54.7 Å². The van der Waals surface area contributed by atoms with Gasteiger partial charge in [0.1, 0.15) is 6.10 Å². The first-order valence-corrected chi connectivity index (χ1v) is 11.3. The Morgan fingerprint density at radius 2 is 1.52 bits per heavy atom. The van der Waals surface area contributed by atoms with Gasteiger partial charge in [-0.25, -0.2) is 4.79 Å². The van der Waals surface area contributed by atoms with Gasteiger partial charge in [-0.05, 0) is 41.2 Å². The van der Waals surface area contributed by atoms with Crippen LogP contribution in [0.4, 0.5) is 0 Å². The molecule has 0 amide bonds. The first kappa shape index (κ1) is 22.7. The SMILES string of the molecule is COC(=O)[C@H](CC(C)C)O[C@H](c1ccccc1)c1ccc(-c2cnc3ccccc3c2)cc1. The Balaban J connectivity index is 1.66. The molecule has 4 heteroatoms. The van der Waals surface area contributed by atoms with Crippen LogP contribution < -0.4 is 0 Å². The second kappa shape index (κ2) is 10.4. The monoisotopic (exact) mass is 439 g/mol. The van der Waals surface area contributed by atoms with Gasteiger partial charge in [0.15, 0.2) is 6.10 Å². The number of para-hydroxylation sites is 1. The van der Waals surface area contributed by atoms with E-state index in [0.717, 1.165) is 33.2 Å². The number of carbonyl (C=O) groups is 1. The number of nitrogens with zero attached hydrogens (tertiary/aromatic N) is 1. The molecular weight excluding hydrogens is 410 g/mol. The Labute approximate surface area is 195 Å². The highest BCUT2D eigenvalue weighted by atomic mass is 16.6. The summed E-state index contributed by atoms with van der Waals surface area (Å²) in [6.07, 6.45) is 1.48. The molecule has 0 saturated heterocycles. The average molecular weight is 440 g/mol. The number of methoxy groups -OCH3 is 1. The quantitative estimate of drug-likeness (QED) is 0.290. The zero-order valence-electron chi connectivity index (χ0n) is 19.3. The molecule has 1 heterocycles. The van der Waals surface area contributed by atoms with Crippen LogP contribution in [0.5, 0.6) is 0 Å². The predicted molar refractivity (Wildman–Crippen MR) is 132 cm³/mol. The van der Waals surface area contributed by atoms with Crippen LogP contribution in [-0.4, -0.2) is 24.2 Å². The fourth-order valence-electron chi connectivity index (χ4n) is 3.99. The van der Waals surface area contributed by atoms with Gasteiger partial charge in [0.25, 0.3) is 0 Å². The molecule has 0 spiro atoms. The minimum absolute atomic E-state index is 0.299. The average Bonchev–Trinajstić information content (AvgIpc) is 2.86. The third-order valence-electron chi connectivity index (χ3n) is 5.69. The van der Waals surface area contributed by atoms with Crippen molar-refractivity contribution in [3.63, 3.8) is 0 Å². The highest BCUT2D eigenvalue weighted by molar-refractivity contribution is 5.83. The minimum atomic E-state index is -0.635. The Bertz CT molecular complexity index is 1200. The van der Waals surface area contributed by atoms with Gasteiger partial charge in [-0.15, -0.1) is 0 Å². The molecule has 1 aromatic heterocycles. The van der Waals surface area contributed by atoms with Gasteiger partial charge in [0.2, 0.25) is 0 Å². The van der Waals surface area contributed by atoms with Crippen molar-refractivity contribution < 1.29 is 14.3 Å². The van der Waals surface area contributed by atoms with E-state index in [1.165, 1.54) is 7.11 Å². The van der Waals surface area contributed by atoms with Crippen LogP contribution in [0.1, 0.15) is 37.5 Å². The maximum atomic E-state index is 12.4. The van der Waals surface area contributed by atoms with Crippen LogP contribution in [0.2, 0.25) is 0 Å². The number of rotatable bonds is 8. The molecule has 0 aliphatic rings. The summed E-state index contributed by atoms with van der Waals surface area (Å²) in [5.74, 6) is -0.0446. The first-order chi connectivity index (χ1) is 16.0. The number of benzene rings is 3. The van der Waals surface area contributed by atoms with Crippen LogP contribution in [0.25, 0.3) is 22.0 Å². The van der Waals surface area contributed by atoms with Gasteiger partial charge in [-0.1, -0.05) is 86.6 Å². The third kappa shape index (κ3) is 5.47. The Hall–Kier alpha value is -3.50. The lowest BCUT2D eigenvalue weighted by atomic mass is 9.97. The summed E-state index contributed by atoms with van der Waals surface area (Å²) in [4.78, 5) is 17.0. The molecule has 4 rings (SSSR count). The third-order valence-corrected chi connectivity index (χ3v) is 5.69. The lowest BCUT2D eigenvalue weighted by Gasteiger charge is -2.25. The van der Waals surface area contributed by atoms with Crippen LogP contribution in [0.3, 0.4) is 0 Å². The van der Waals surface area contributed by atoms with Crippen LogP contribution in [0.15, 0.2) is 91.1 Å². The molecule has 0 saturated carbocycles. The summed E-state index contributed by atoms with van der Waals surface area (Å²) in [5.41, 5.74) is 5.10. The maximum Gasteiger partial charge on any atom is 0.335 e. The number of hydrogen-bond acceptors (Lipinski definition) is 4. The summed E-state index contributed by atoms with van der Waals surface area (Å²) >= 11 is 0. The molecule has 0 N–H and O–H groups in total. The standard InChI is InChI=1S/C29H29NO3/c1-20(2)17-27(29(31)32-3)33-28(22-9-5-4-6-10-22)23-15-13-21(14-16-23)25-18-24-11-7-8-12-26(24)30-19-25/h4-16,18-20,27-28H,17H2,1-3H3/t27-,28+/m0/s1. The van der Waals surface area contributed by atoms with Gasteiger partial charge in [-0.2, -0.15) is 0 Å². The molecule has 2 atom stereocenters. The molecule has 3 aromatic carbocycles. The van der Waals surface area contributed by atoms with E-state index in [2.05, 4.69) is 55.2 Å². The van der Waals surface area contributed by atoms with E-state index in [0.29, 0.717) is 12.3 Å². The number of carbonyl (C=O) groups excluding carboxylic acids is 1. The zero-order chi connectivity index (χ0) is 23.2. The van der Waals surface area contributed by atoms with Crippen molar-refractivity contribution in [3.8, 4) is 11.1 Å². The van der Waals surface area contributed by atoms with E-state index in [1.54, 1.807) is 0 Å². The smallest absolute Gasteiger partial charge is 0.335 e. The van der Waals surface area contributed by atoms with Crippen molar-refractivity contribution in [2.75, 3.05) is 7.11 Å². The summed E-state index contributed by atoms with van der Waals surface area (Å²) in [6, 6.07) is 28.5. The van der Waals surface area contributed by atoms with E-state index in [-0.39, 0.29) is 12.1 Å². The first-order valence-electron chi connectivity index (χ1n) is 11.3. The number of pyridine rings is 1. The molecule has 168 valence electrons. The number of hydrogen-bond donors (Lipinski definition) is 0. The highest BCUT2D eigenvalue weighted by Crippen LogP contribution is 2.31. The van der Waals surface area contributed by atoms with Crippen LogP contribution in [-0.2, 0) is 14.3 Å². The zero-order valence-corrected chi connectivity index (χ0v) is 19.3. The van der Waals surface area contributed by atoms with Crippen molar-refractivity contribution in [2.24, 2.45) is 5.92 Å². The Morgan fingerprint density at radius 3 is 2.21 bits per heavy atom. The molecule has 0 bridgehead atoms. The molecule has 0 fully saturated rings. The summed E-state index contributed by atoms with van der Waals surface area (Å²) in [5, 5.41) is 1.11. The molecule has 4 aromatic rings. The summed E-state index contributed by atoms with van der Waals surface area (Å²) < 4.78 is 11.4. The van der Waals surface area contributed by atoms with Crippen LogP contribution >= 0.6 is 0 Å². The second-order valence-corrected chi connectivity index (χ2v) is 8.61. The van der Waals surface area contributed by atoms with Gasteiger partial charge in [0, 0.05) is 17.1 Å². The molecule has 33 heavy (non-hydrogen) atoms. The van der Waals surface area contributed by atoms with Gasteiger partial charge in [-0.3, -0.25) is 4.98 Å². The van der Waals surface area contributed by atoms with Gasteiger partial charge in [0.05, 0.1) is 12.6 Å². The van der Waals surface area contributed by atoms with E-state index >= 15 is 0 Å². The van der Waals surface area contributed by atoms with Crippen LogP contribution in [0, 0.1) is 5.92 Å². The normalized spacial score (nSPS) is 13.1. The Kier molecular flexibility index (Phi) is 7.16. The van der Waals surface area contributed by atoms with E-state index < -0.39 is 6.10 Å². The minimum Gasteiger partial charge on any atom is -0.467 e. The lowest BCUT2D eigenvalue weighted by molar-refractivity contribution is -0.158. The Morgan fingerprint density at radius 1 is 0.848 bits per heavy atom. The molecule has 0 aliphatic carbocycles. The topological polar surface area (TPSA) is 48.4 Å². The number of ether oxygens (including phenoxy) is 2. The predicted octanol–water partition coefficient (Wildman–Crippen LogP) is 6.60. The maximum absolute atomic E-state index is 12.4. The molecule has 0 unspecified atom stereocenters. The van der Waals surface area contributed by atoms with Crippen molar-refractivity contribution >= 4 is 16.9 Å². The molecule has 4 nitrogen and oxygen atoms in total. The van der Waals surface area contributed by atoms with E-state index in [4.69, 9.17) is 9.47 Å². The lowest BCUT2D eigenvalue weighted by Crippen LogP contribution is -2.29. The fourth-order valence-corrected chi connectivity index (χ4v) is 3.99. The van der Waals surface area contributed by atoms with Crippen molar-refractivity contribution in [1.29, 1.82) is 0 Å². The fraction of sp³-hybridized carbons (Fsp3) is 0.241. The number of esters is 1. The van der Waals surface area contributed by atoms with Gasteiger partial charge >= 0.3 is 5.97 Å². The number of aromatic nitrogens is 1. The largest absolute Gasteiger partial charge is 0.467 e. The number of fused-ring (bicyclic) bond motifs is 1. The second-order valence-electron chi connectivity index (χ2n) is 8.61. The van der Waals surface area contributed by atoms with E-state index in [9.17, 15) is 4.79 Å². The molecule has 0 aliphatic heterocycles. The summed E-state index contributed by atoms with van der Waals surface area (Å²) in [6.45, 7) is 4.15. The van der Waals surface area contributed by atoms with Crippen molar-refractivity contribution in [3.05, 3.63) is 102 Å². The molecule has 0 radical (unpaired) electrons. The summed E-state index contributed by atoms with van der Waals surface area (Å²) in [7, 11) is 1.41. The molecular formula is C29H29NO3. The highest BCUT2D eigenvalue weighted by Gasteiger charge is 2.27. The van der Waals surface area contributed by atoms with Crippen molar-refractivity contribution in [1.82, 2.24) is 4.98 Å².